The van der Waals surface area contributed by atoms with E-state index in [9.17, 15) is 18.0 Å². The van der Waals surface area contributed by atoms with Gasteiger partial charge >= 0.3 is 0 Å². The van der Waals surface area contributed by atoms with Crippen LogP contribution in [0.15, 0.2) is 35.4 Å². The maximum Gasteiger partial charge on any atom is 0.265 e. The van der Waals surface area contributed by atoms with Crippen LogP contribution in [0.5, 0.6) is 0 Å². The number of rotatable bonds is 5. The summed E-state index contributed by atoms with van der Waals surface area (Å²) >= 11 is 6.09. The number of nitrogens with zero attached hydrogens (tertiary/aromatic N) is 2. The molecule has 1 aromatic carbocycles. The summed E-state index contributed by atoms with van der Waals surface area (Å²) in [4.78, 5) is 23.9. The lowest BCUT2D eigenvalue weighted by Crippen LogP contribution is -2.41. The van der Waals surface area contributed by atoms with Gasteiger partial charge in [0.05, 0.1) is 0 Å². The van der Waals surface area contributed by atoms with Crippen molar-refractivity contribution in [1.82, 2.24) is 8.87 Å². The van der Waals surface area contributed by atoms with E-state index in [-0.39, 0.29) is 35.5 Å². The van der Waals surface area contributed by atoms with Gasteiger partial charge in [0.15, 0.2) is 0 Å². The predicted octanol–water partition coefficient (Wildman–Crippen LogP) is 2.13. The van der Waals surface area contributed by atoms with Gasteiger partial charge in [0.25, 0.3) is 5.91 Å². The van der Waals surface area contributed by atoms with Crippen LogP contribution in [-0.2, 0) is 21.9 Å². The number of hydrogen-bond donors (Lipinski definition) is 2. The molecule has 0 spiro atoms. The monoisotopic (exact) mass is 438 g/mol. The highest BCUT2D eigenvalue weighted by Crippen LogP contribution is 2.26. The molecule has 0 atom stereocenters. The van der Waals surface area contributed by atoms with E-state index in [1.165, 1.54) is 21.1 Å². The van der Waals surface area contributed by atoms with E-state index >= 15 is 0 Å². The Morgan fingerprint density at radius 3 is 2.41 bits per heavy atom. The summed E-state index contributed by atoms with van der Waals surface area (Å²) in [5, 5.41) is 3.41. The Kier molecular flexibility index (Phi) is 6.02. The van der Waals surface area contributed by atoms with Gasteiger partial charge in [0.2, 0.25) is 15.9 Å². The van der Waals surface area contributed by atoms with Gasteiger partial charge in [-0.15, -0.1) is 0 Å². The number of primary amides is 1. The van der Waals surface area contributed by atoms with Crippen LogP contribution in [-0.4, -0.2) is 42.2 Å². The SMILES string of the molecule is Cc1ccc(NC(=O)C2CCN(S(=O)(=O)c3cc(C(N)=O)n(C)c3)CC2)cc1Cl. The van der Waals surface area contributed by atoms with Crippen molar-refractivity contribution in [3.63, 3.8) is 0 Å². The van der Waals surface area contributed by atoms with Crippen molar-refractivity contribution in [1.29, 1.82) is 0 Å². The molecule has 2 aromatic rings. The number of piperidine rings is 1. The molecule has 2 heterocycles. The second kappa shape index (κ2) is 8.17. The molecule has 0 radical (unpaired) electrons. The van der Waals surface area contributed by atoms with Crippen LogP contribution in [0.2, 0.25) is 5.02 Å². The summed E-state index contributed by atoms with van der Waals surface area (Å²) in [6.07, 6.45) is 2.18. The van der Waals surface area contributed by atoms with Crippen LogP contribution in [0, 0.1) is 12.8 Å². The average Bonchev–Trinajstić information content (AvgIpc) is 3.07. The first kappa shape index (κ1) is 21.4. The van der Waals surface area contributed by atoms with Gasteiger partial charge in [-0.25, -0.2) is 8.42 Å². The van der Waals surface area contributed by atoms with E-state index in [4.69, 9.17) is 17.3 Å². The zero-order chi connectivity index (χ0) is 21.3. The van der Waals surface area contributed by atoms with Crippen LogP contribution in [0.1, 0.15) is 28.9 Å². The molecule has 10 heteroatoms. The molecule has 1 fully saturated rings. The smallest absolute Gasteiger partial charge is 0.265 e. The molecular formula is C19H23ClN4O4S. The largest absolute Gasteiger partial charge is 0.364 e. The molecule has 3 rings (SSSR count). The topological polar surface area (TPSA) is 114 Å². The van der Waals surface area contributed by atoms with Crippen molar-refractivity contribution in [3.05, 3.63) is 46.7 Å². The van der Waals surface area contributed by atoms with E-state index in [0.717, 1.165) is 5.56 Å². The van der Waals surface area contributed by atoms with Crippen molar-refractivity contribution < 1.29 is 18.0 Å². The minimum Gasteiger partial charge on any atom is -0.364 e. The first-order chi connectivity index (χ1) is 13.6. The van der Waals surface area contributed by atoms with Gasteiger partial charge in [-0.3, -0.25) is 9.59 Å². The van der Waals surface area contributed by atoms with Gasteiger partial charge in [-0.05, 0) is 43.5 Å². The van der Waals surface area contributed by atoms with Crippen LogP contribution in [0.25, 0.3) is 0 Å². The molecule has 0 unspecified atom stereocenters. The van der Waals surface area contributed by atoms with Crippen molar-refractivity contribution in [2.24, 2.45) is 18.7 Å². The minimum absolute atomic E-state index is 0.0194. The van der Waals surface area contributed by atoms with Gasteiger partial charge in [0, 0.05) is 43.0 Å². The first-order valence-corrected chi connectivity index (χ1v) is 10.9. The molecule has 8 nitrogen and oxygen atoms in total. The third-order valence-corrected chi connectivity index (χ3v) is 7.41. The number of hydrogen-bond acceptors (Lipinski definition) is 4. The average molecular weight is 439 g/mol. The summed E-state index contributed by atoms with van der Waals surface area (Å²) in [6.45, 7) is 2.31. The van der Waals surface area contributed by atoms with Crippen molar-refractivity contribution in [3.8, 4) is 0 Å². The fraction of sp³-hybridized carbons (Fsp3) is 0.368. The maximum atomic E-state index is 12.9. The normalized spacial score (nSPS) is 16.0. The number of halogens is 1. The Labute approximate surface area is 174 Å². The van der Waals surface area contributed by atoms with Gasteiger partial charge < -0.3 is 15.6 Å². The van der Waals surface area contributed by atoms with Crippen molar-refractivity contribution in [2.45, 2.75) is 24.7 Å². The number of anilines is 1. The quantitative estimate of drug-likeness (QED) is 0.743. The molecule has 0 saturated carbocycles. The zero-order valence-corrected chi connectivity index (χ0v) is 17.8. The molecule has 1 aliphatic heterocycles. The van der Waals surface area contributed by atoms with Gasteiger partial charge in [-0.2, -0.15) is 4.31 Å². The summed E-state index contributed by atoms with van der Waals surface area (Å²) in [5.74, 6) is -1.14. The second-order valence-corrected chi connectivity index (χ2v) is 9.51. The van der Waals surface area contributed by atoms with Gasteiger partial charge in [-0.1, -0.05) is 17.7 Å². The summed E-state index contributed by atoms with van der Waals surface area (Å²) in [5.41, 5.74) is 6.92. The van der Waals surface area contributed by atoms with Crippen molar-refractivity contribution >= 4 is 39.1 Å². The first-order valence-electron chi connectivity index (χ1n) is 9.13. The van der Waals surface area contributed by atoms with E-state index < -0.39 is 15.9 Å². The summed E-state index contributed by atoms with van der Waals surface area (Å²) < 4.78 is 28.4. The lowest BCUT2D eigenvalue weighted by molar-refractivity contribution is -0.120. The maximum absolute atomic E-state index is 12.9. The zero-order valence-electron chi connectivity index (χ0n) is 16.2. The molecular weight excluding hydrogens is 416 g/mol. The van der Waals surface area contributed by atoms with Crippen LogP contribution in [0.3, 0.4) is 0 Å². The Bertz CT molecular complexity index is 1060. The number of carbonyl (C=O) groups excluding carboxylic acids is 2. The molecule has 0 bridgehead atoms. The Morgan fingerprint density at radius 1 is 1.21 bits per heavy atom. The minimum atomic E-state index is -3.76. The fourth-order valence-corrected chi connectivity index (χ4v) is 5.06. The molecule has 156 valence electrons. The summed E-state index contributed by atoms with van der Waals surface area (Å²) in [6, 6.07) is 6.58. The van der Waals surface area contributed by atoms with Gasteiger partial charge in [0.1, 0.15) is 10.6 Å². The number of nitrogens with one attached hydrogen (secondary N) is 1. The summed E-state index contributed by atoms with van der Waals surface area (Å²) in [7, 11) is -2.20. The molecule has 1 aromatic heterocycles. The highest BCUT2D eigenvalue weighted by molar-refractivity contribution is 7.89. The third kappa shape index (κ3) is 4.47. The van der Waals surface area contributed by atoms with Crippen LogP contribution >= 0.6 is 11.6 Å². The molecule has 1 saturated heterocycles. The number of aryl methyl sites for hydroxylation is 2. The van der Waals surface area contributed by atoms with Crippen LogP contribution < -0.4 is 11.1 Å². The molecule has 29 heavy (non-hydrogen) atoms. The highest BCUT2D eigenvalue weighted by atomic mass is 35.5. The third-order valence-electron chi connectivity index (χ3n) is 5.13. The van der Waals surface area contributed by atoms with Crippen molar-refractivity contribution in [2.75, 3.05) is 18.4 Å². The number of amides is 2. The fourth-order valence-electron chi connectivity index (χ4n) is 3.34. The van der Waals surface area contributed by atoms with Crippen LogP contribution in [0.4, 0.5) is 5.69 Å². The number of carbonyl (C=O) groups is 2. The molecule has 3 N–H and O–H groups in total. The standard InChI is InChI=1S/C19H23ClN4O4S/c1-12-3-4-14(9-16(12)20)22-19(26)13-5-7-24(8-6-13)29(27,28)15-10-17(18(21)25)23(2)11-15/h3-4,9-11,13H,5-8H2,1-2H3,(H2,21,25)(H,22,26). The Morgan fingerprint density at radius 2 is 1.86 bits per heavy atom. The molecule has 2 amide bonds. The van der Waals surface area contributed by atoms with E-state index in [1.807, 2.05) is 13.0 Å². The number of benzene rings is 1. The number of nitrogens with two attached hydrogens (primary N) is 1. The Balaban J connectivity index is 1.64. The molecule has 1 aliphatic rings. The Hall–Kier alpha value is -2.36. The lowest BCUT2D eigenvalue weighted by Gasteiger charge is -2.30. The number of aromatic nitrogens is 1. The second-order valence-electron chi connectivity index (χ2n) is 7.17. The number of sulfonamides is 1. The lowest BCUT2D eigenvalue weighted by atomic mass is 9.97. The van der Waals surface area contributed by atoms with E-state index in [0.29, 0.717) is 23.6 Å². The van der Waals surface area contributed by atoms with E-state index in [2.05, 4.69) is 5.32 Å². The highest BCUT2D eigenvalue weighted by Gasteiger charge is 2.33. The predicted molar refractivity (Wildman–Crippen MR) is 110 cm³/mol. The van der Waals surface area contributed by atoms with E-state index in [1.54, 1.807) is 19.2 Å². The molecule has 0 aliphatic carbocycles.